The van der Waals surface area contributed by atoms with E-state index >= 15 is 0 Å². The van der Waals surface area contributed by atoms with E-state index in [1.54, 1.807) is 12.1 Å². The van der Waals surface area contributed by atoms with Gasteiger partial charge < -0.3 is 15.1 Å². The second-order valence-corrected chi connectivity index (χ2v) is 9.14. The van der Waals surface area contributed by atoms with Gasteiger partial charge in [0.05, 0.1) is 16.3 Å². The fraction of sp³-hybridized carbons (Fsp3) is 0.632. The van der Waals surface area contributed by atoms with Crippen LogP contribution in [0.1, 0.15) is 27.7 Å². The van der Waals surface area contributed by atoms with E-state index in [9.17, 15) is 13.2 Å². The Morgan fingerprint density at radius 1 is 1.15 bits per heavy atom. The van der Waals surface area contributed by atoms with Crippen LogP contribution < -0.4 is 10.2 Å². The molecule has 0 radical (unpaired) electrons. The highest BCUT2D eigenvalue weighted by Crippen LogP contribution is 2.31. The number of anilines is 2. The van der Waals surface area contributed by atoms with Gasteiger partial charge in [-0.2, -0.15) is 4.31 Å². The van der Waals surface area contributed by atoms with Crippen LogP contribution >= 0.6 is 0 Å². The van der Waals surface area contributed by atoms with E-state index in [4.69, 9.17) is 0 Å². The third kappa shape index (κ3) is 5.00. The molecule has 1 aliphatic rings. The third-order valence-electron chi connectivity index (χ3n) is 4.94. The van der Waals surface area contributed by atoms with Gasteiger partial charge in [0.1, 0.15) is 0 Å². The zero-order valence-electron chi connectivity index (χ0n) is 17.0. The maximum Gasteiger partial charge on any atom is 0.243 e. The molecule has 0 saturated carbocycles. The molecule has 1 saturated heterocycles. The Balaban J connectivity index is 2.44. The van der Waals surface area contributed by atoms with Crippen LogP contribution in [0.4, 0.5) is 11.4 Å². The highest BCUT2D eigenvalue weighted by molar-refractivity contribution is 7.89. The van der Waals surface area contributed by atoms with Crippen LogP contribution in [-0.2, 0) is 14.8 Å². The van der Waals surface area contributed by atoms with Gasteiger partial charge in [-0.15, -0.1) is 0 Å². The molecule has 1 amide bonds. The first kappa shape index (κ1) is 21.7. The van der Waals surface area contributed by atoms with Crippen LogP contribution in [0.5, 0.6) is 0 Å². The molecular formula is C19H32N4O3S. The Bertz CT molecular complexity index is 752. The van der Waals surface area contributed by atoms with Crippen molar-refractivity contribution in [2.24, 2.45) is 5.92 Å². The molecule has 0 aliphatic carbocycles. The molecule has 0 atom stereocenters. The molecule has 8 heteroatoms. The zero-order valence-corrected chi connectivity index (χ0v) is 17.8. The number of hydrogen-bond donors (Lipinski definition) is 1. The van der Waals surface area contributed by atoms with Crippen LogP contribution in [0.15, 0.2) is 23.1 Å². The predicted molar refractivity (Wildman–Crippen MR) is 110 cm³/mol. The van der Waals surface area contributed by atoms with Gasteiger partial charge in [0.2, 0.25) is 15.9 Å². The molecule has 0 aromatic heterocycles. The van der Waals surface area contributed by atoms with Gasteiger partial charge >= 0.3 is 0 Å². The van der Waals surface area contributed by atoms with Crippen molar-refractivity contribution in [2.75, 3.05) is 56.5 Å². The Morgan fingerprint density at radius 3 is 2.26 bits per heavy atom. The summed E-state index contributed by atoms with van der Waals surface area (Å²) in [7, 11) is -1.50. The summed E-state index contributed by atoms with van der Waals surface area (Å²) in [6.45, 7) is 11.6. The minimum Gasteiger partial charge on any atom is -0.367 e. The molecule has 2 rings (SSSR count). The first-order valence-corrected chi connectivity index (χ1v) is 11.0. The first-order chi connectivity index (χ1) is 12.7. The number of piperazine rings is 1. The van der Waals surface area contributed by atoms with E-state index in [0.717, 1.165) is 31.9 Å². The maximum atomic E-state index is 12.9. The number of nitrogens with one attached hydrogen (secondary N) is 1. The number of sulfonamides is 1. The predicted octanol–water partition coefficient (Wildman–Crippen LogP) is 2.06. The molecule has 1 N–H and O–H groups in total. The van der Waals surface area contributed by atoms with E-state index in [0.29, 0.717) is 18.8 Å². The van der Waals surface area contributed by atoms with Crippen molar-refractivity contribution >= 4 is 27.3 Å². The summed E-state index contributed by atoms with van der Waals surface area (Å²) in [6.07, 6.45) is 0. The van der Waals surface area contributed by atoms with E-state index < -0.39 is 10.0 Å². The van der Waals surface area contributed by atoms with Crippen molar-refractivity contribution in [3.05, 3.63) is 18.2 Å². The zero-order chi connectivity index (χ0) is 20.2. The molecule has 1 aliphatic heterocycles. The molecule has 0 bridgehead atoms. The summed E-state index contributed by atoms with van der Waals surface area (Å²) in [6, 6.07) is 5.06. The summed E-state index contributed by atoms with van der Waals surface area (Å²) in [5.74, 6) is -0.309. The highest BCUT2D eigenvalue weighted by atomic mass is 32.2. The molecule has 1 aromatic carbocycles. The van der Waals surface area contributed by atoms with Crippen LogP contribution in [0.2, 0.25) is 0 Å². The minimum atomic E-state index is -3.58. The topological polar surface area (TPSA) is 73.0 Å². The van der Waals surface area contributed by atoms with Crippen LogP contribution in [0.25, 0.3) is 0 Å². The van der Waals surface area contributed by atoms with E-state index in [1.807, 2.05) is 33.8 Å². The molecule has 1 fully saturated rings. The SMILES string of the molecule is CCN(CC)S(=O)(=O)c1ccc(N2CCN(C)CC2)c(NC(=O)C(C)C)c1. The summed E-state index contributed by atoms with van der Waals surface area (Å²) in [5.41, 5.74) is 1.43. The van der Waals surface area contributed by atoms with Crippen molar-refractivity contribution in [3.63, 3.8) is 0 Å². The van der Waals surface area contributed by atoms with Crippen molar-refractivity contribution in [2.45, 2.75) is 32.6 Å². The number of nitrogens with zero attached hydrogens (tertiary/aromatic N) is 3. The number of carbonyl (C=O) groups excluding carboxylic acids is 1. The van der Waals surface area contributed by atoms with Gasteiger partial charge in [-0.3, -0.25) is 4.79 Å². The lowest BCUT2D eigenvalue weighted by atomic mass is 10.1. The largest absolute Gasteiger partial charge is 0.367 e. The number of hydrogen-bond acceptors (Lipinski definition) is 5. The smallest absolute Gasteiger partial charge is 0.243 e. The molecule has 1 aromatic rings. The number of amides is 1. The quantitative estimate of drug-likeness (QED) is 0.764. The van der Waals surface area contributed by atoms with Gasteiger partial charge in [-0.05, 0) is 25.2 Å². The number of likely N-dealkylation sites (N-methyl/N-ethyl adjacent to an activating group) is 1. The van der Waals surface area contributed by atoms with E-state index in [1.165, 1.54) is 4.31 Å². The van der Waals surface area contributed by atoms with Crippen LogP contribution in [-0.4, -0.2) is 69.8 Å². The number of rotatable bonds is 7. The summed E-state index contributed by atoms with van der Waals surface area (Å²) < 4.78 is 27.2. The first-order valence-electron chi connectivity index (χ1n) is 9.59. The molecule has 7 nitrogen and oxygen atoms in total. The third-order valence-corrected chi connectivity index (χ3v) is 6.98. The summed E-state index contributed by atoms with van der Waals surface area (Å²) in [5, 5.41) is 2.93. The standard InChI is InChI=1S/C19H32N4O3S/c1-6-23(7-2)27(25,26)16-8-9-18(22-12-10-21(5)11-13-22)17(14-16)20-19(24)15(3)4/h8-9,14-15H,6-7,10-13H2,1-5H3,(H,20,24). The van der Waals surface area contributed by atoms with Gasteiger partial charge in [0, 0.05) is 45.2 Å². The van der Waals surface area contributed by atoms with Crippen LogP contribution in [0.3, 0.4) is 0 Å². The van der Waals surface area contributed by atoms with E-state index in [-0.39, 0.29) is 16.7 Å². The van der Waals surface area contributed by atoms with Gasteiger partial charge in [0.15, 0.2) is 0 Å². The van der Waals surface area contributed by atoms with Crippen molar-refractivity contribution in [1.29, 1.82) is 0 Å². The van der Waals surface area contributed by atoms with E-state index in [2.05, 4.69) is 22.2 Å². The number of benzene rings is 1. The van der Waals surface area contributed by atoms with Crippen molar-refractivity contribution < 1.29 is 13.2 Å². The highest BCUT2D eigenvalue weighted by Gasteiger charge is 2.25. The Hall–Kier alpha value is -1.64. The average Bonchev–Trinajstić information content (AvgIpc) is 2.63. The minimum absolute atomic E-state index is 0.122. The molecule has 1 heterocycles. The Morgan fingerprint density at radius 2 is 1.74 bits per heavy atom. The van der Waals surface area contributed by atoms with Gasteiger partial charge in [-0.1, -0.05) is 27.7 Å². The maximum absolute atomic E-state index is 12.9. The second kappa shape index (κ2) is 9.03. The van der Waals surface area contributed by atoms with Crippen molar-refractivity contribution in [1.82, 2.24) is 9.21 Å². The van der Waals surface area contributed by atoms with Crippen molar-refractivity contribution in [3.8, 4) is 0 Å². The summed E-state index contributed by atoms with van der Waals surface area (Å²) >= 11 is 0. The monoisotopic (exact) mass is 396 g/mol. The fourth-order valence-corrected chi connectivity index (χ4v) is 4.57. The lowest BCUT2D eigenvalue weighted by Crippen LogP contribution is -2.44. The molecular weight excluding hydrogens is 364 g/mol. The molecule has 0 unspecified atom stereocenters. The normalized spacial score (nSPS) is 16.2. The second-order valence-electron chi connectivity index (χ2n) is 7.20. The average molecular weight is 397 g/mol. The van der Waals surface area contributed by atoms with Crippen LogP contribution in [0, 0.1) is 5.92 Å². The van der Waals surface area contributed by atoms with Gasteiger partial charge in [0.25, 0.3) is 0 Å². The number of carbonyl (C=O) groups is 1. The molecule has 27 heavy (non-hydrogen) atoms. The fourth-order valence-electron chi connectivity index (χ4n) is 3.09. The lowest BCUT2D eigenvalue weighted by Gasteiger charge is -2.35. The molecule has 0 spiro atoms. The lowest BCUT2D eigenvalue weighted by molar-refractivity contribution is -0.118. The summed E-state index contributed by atoms with van der Waals surface area (Å²) in [4.78, 5) is 17.0. The molecule has 152 valence electrons. The van der Waals surface area contributed by atoms with Gasteiger partial charge in [-0.25, -0.2) is 8.42 Å². The Labute approximate surface area is 163 Å². The Kier molecular flexibility index (Phi) is 7.25.